The van der Waals surface area contributed by atoms with Gasteiger partial charge in [-0.3, -0.25) is 9.59 Å². The van der Waals surface area contributed by atoms with Crippen LogP contribution in [0.3, 0.4) is 0 Å². The van der Waals surface area contributed by atoms with Crippen molar-refractivity contribution in [2.75, 3.05) is 10.6 Å². The number of hydrogen-bond donors (Lipinski definition) is 3. The maximum atomic E-state index is 12.5. The summed E-state index contributed by atoms with van der Waals surface area (Å²) in [5.74, 6) is 0.210. The number of benzene rings is 4. The van der Waals surface area contributed by atoms with Crippen LogP contribution >= 0.6 is 23.2 Å². The molecule has 2 amide bonds. The van der Waals surface area contributed by atoms with E-state index in [-0.39, 0.29) is 11.8 Å². The molecule has 6 nitrogen and oxygen atoms in total. The van der Waals surface area contributed by atoms with Crippen LogP contribution in [0, 0.1) is 0 Å². The predicted octanol–water partition coefficient (Wildman–Crippen LogP) is 7.04. The maximum absolute atomic E-state index is 12.5. The molecule has 5 rings (SSSR count). The minimum absolute atomic E-state index is 0.226. The van der Waals surface area contributed by atoms with E-state index in [2.05, 4.69) is 20.6 Å². The summed E-state index contributed by atoms with van der Waals surface area (Å²) in [4.78, 5) is 32.8. The highest BCUT2D eigenvalue weighted by molar-refractivity contribution is 6.31. The van der Waals surface area contributed by atoms with E-state index in [0.29, 0.717) is 38.4 Å². The number of halogens is 2. The minimum Gasteiger partial charge on any atom is -0.338 e. The molecule has 5 aromatic rings. The molecule has 172 valence electrons. The van der Waals surface area contributed by atoms with Gasteiger partial charge in [0.15, 0.2) is 0 Å². The molecule has 0 saturated heterocycles. The molecule has 1 heterocycles. The Morgan fingerprint density at radius 2 is 1.37 bits per heavy atom. The molecule has 4 aromatic carbocycles. The van der Waals surface area contributed by atoms with Crippen LogP contribution in [0.2, 0.25) is 10.0 Å². The monoisotopic (exact) mass is 500 g/mol. The molecule has 0 unspecified atom stereocenters. The van der Waals surface area contributed by atoms with Crippen molar-refractivity contribution in [1.82, 2.24) is 9.97 Å². The summed E-state index contributed by atoms with van der Waals surface area (Å²) in [5, 5.41) is 6.82. The van der Waals surface area contributed by atoms with Crippen molar-refractivity contribution >= 4 is 57.4 Å². The van der Waals surface area contributed by atoms with Crippen LogP contribution in [-0.2, 0) is 0 Å². The second-order valence-corrected chi connectivity index (χ2v) is 8.69. The number of carbonyl (C=O) groups is 2. The third kappa shape index (κ3) is 5.19. The summed E-state index contributed by atoms with van der Waals surface area (Å²) in [6, 6.07) is 26.3. The summed E-state index contributed by atoms with van der Waals surface area (Å²) in [7, 11) is 0. The van der Waals surface area contributed by atoms with Crippen molar-refractivity contribution in [3.05, 3.63) is 112 Å². The smallest absolute Gasteiger partial charge is 0.255 e. The molecule has 0 aliphatic carbocycles. The average Bonchev–Trinajstić information content (AvgIpc) is 3.28. The van der Waals surface area contributed by atoms with Gasteiger partial charge in [-0.25, -0.2) is 4.98 Å². The topological polar surface area (TPSA) is 86.9 Å². The molecule has 0 aliphatic heterocycles. The molecule has 0 saturated carbocycles. The molecule has 0 aliphatic rings. The van der Waals surface area contributed by atoms with E-state index in [4.69, 9.17) is 23.2 Å². The van der Waals surface area contributed by atoms with Gasteiger partial charge in [-0.05, 0) is 84.9 Å². The molecule has 0 radical (unpaired) electrons. The zero-order chi connectivity index (χ0) is 24.4. The Balaban J connectivity index is 1.30. The van der Waals surface area contributed by atoms with Crippen molar-refractivity contribution in [2.24, 2.45) is 0 Å². The van der Waals surface area contributed by atoms with E-state index in [1.54, 1.807) is 54.6 Å². The number of carbonyl (C=O) groups excluding carboxylic acids is 2. The van der Waals surface area contributed by atoms with E-state index in [9.17, 15) is 9.59 Å². The highest BCUT2D eigenvalue weighted by Crippen LogP contribution is 2.25. The third-order valence-corrected chi connectivity index (χ3v) is 5.84. The Bertz CT molecular complexity index is 1540. The second-order valence-electron chi connectivity index (χ2n) is 7.82. The van der Waals surface area contributed by atoms with Crippen LogP contribution < -0.4 is 10.6 Å². The maximum Gasteiger partial charge on any atom is 0.255 e. The predicted molar refractivity (Wildman–Crippen MR) is 140 cm³/mol. The number of anilines is 2. The van der Waals surface area contributed by atoms with Crippen molar-refractivity contribution in [3.63, 3.8) is 0 Å². The summed E-state index contributed by atoms with van der Waals surface area (Å²) < 4.78 is 0. The lowest BCUT2D eigenvalue weighted by Gasteiger charge is -2.06. The molecule has 0 fully saturated rings. The first-order valence-corrected chi connectivity index (χ1v) is 11.4. The Hall–Kier alpha value is -4.13. The van der Waals surface area contributed by atoms with Gasteiger partial charge >= 0.3 is 0 Å². The molecule has 35 heavy (non-hydrogen) atoms. The second kappa shape index (κ2) is 9.62. The molecule has 0 atom stereocenters. The van der Waals surface area contributed by atoms with Crippen LogP contribution in [0.15, 0.2) is 91.0 Å². The van der Waals surface area contributed by atoms with Crippen LogP contribution in [0.25, 0.3) is 22.4 Å². The number of hydrogen-bond acceptors (Lipinski definition) is 3. The fraction of sp³-hybridized carbons (Fsp3) is 0. The number of fused-ring (bicyclic) bond motifs is 1. The number of imidazole rings is 1. The molecule has 0 spiro atoms. The van der Waals surface area contributed by atoms with Crippen molar-refractivity contribution in [1.29, 1.82) is 0 Å². The van der Waals surface area contributed by atoms with Crippen molar-refractivity contribution in [3.8, 4) is 11.4 Å². The Kier molecular flexibility index (Phi) is 6.23. The lowest BCUT2D eigenvalue weighted by atomic mass is 10.1. The van der Waals surface area contributed by atoms with Crippen LogP contribution in [0.1, 0.15) is 20.7 Å². The summed E-state index contributed by atoms with van der Waals surface area (Å²) in [6.07, 6.45) is 0. The molecule has 3 N–H and O–H groups in total. The van der Waals surface area contributed by atoms with Crippen LogP contribution in [-0.4, -0.2) is 21.8 Å². The first kappa shape index (κ1) is 22.7. The summed E-state index contributed by atoms with van der Waals surface area (Å²) >= 11 is 11.9. The quantitative estimate of drug-likeness (QED) is 0.241. The standard InChI is InChI=1S/C27H18Cl2N4O2/c28-19-8-4-17(5-9-19)26(34)31-22-12-13-23-24(15-22)33-25(32-23)16-6-10-21(11-7-16)30-27(35)18-2-1-3-20(29)14-18/h1-15H,(H,30,35)(H,31,34)(H,32,33). The third-order valence-electron chi connectivity index (χ3n) is 5.35. The van der Waals surface area contributed by atoms with Gasteiger partial charge in [-0.15, -0.1) is 0 Å². The fourth-order valence-corrected chi connectivity index (χ4v) is 3.89. The van der Waals surface area contributed by atoms with Gasteiger partial charge in [0, 0.05) is 38.1 Å². The number of aromatic nitrogens is 2. The van der Waals surface area contributed by atoms with E-state index < -0.39 is 0 Å². The summed E-state index contributed by atoms with van der Waals surface area (Å²) in [6.45, 7) is 0. The lowest BCUT2D eigenvalue weighted by Crippen LogP contribution is -2.11. The van der Waals surface area contributed by atoms with Crippen molar-refractivity contribution in [2.45, 2.75) is 0 Å². The molecular weight excluding hydrogens is 483 g/mol. The van der Waals surface area contributed by atoms with Crippen molar-refractivity contribution < 1.29 is 9.59 Å². The van der Waals surface area contributed by atoms with E-state index in [1.807, 2.05) is 36.4 Å². The highest BCUT2D eigenvalue weighted by Gasteiger charge is 2.11. The van der Waals surface area contributed by atoms with E-state index >= 15 is 0 Å². The molecule has 8 heteroatoms. The van der Waals surface area contributed by atoms with E-state index in [1.165, 1.54) is 0 Å². The number of amides is 2. The summed E-state index contributed by atoms with van der Waals surface area (Å²) in [5.41, 5.74) is 4.71. The molecule has 1 aromatic heterocycles. The van der Waals surface area contributed by atoms with Gasteiger partial charge < -0.3 is 15.6 Å². The number of rotatable bonds is 5. The Morgan fingerprint density at radius 3 is 2.11 bits per heavy atom. The zero-order valence-corrected chi connectivity index (χ0v) is 19.7. The SMILES string of the molecule is O=C(Nc1ccc2nc(-c3ccc(NC(=O)c4cccc(Cl)c4)cc3)[nH]c2c1)c1ccc(Cl)cc1. The molecule has 0 bridgehead atoms. The van der Waals surface area contributed by atoms with Gasteiger partial charge in [-0.2, -0.15) is 0 Å². The number of nitrogens with one attached hydrogen (secondary N) is 3. The lowest BCUT2D eigenvalue weighted by molar-refractivity contribution is 0.101. The molecular formula is C27H18Cl2N4O2. The normalized spacial score (nSPS) is 10.8. The fourth-order valence-electron chi connectivity index (χ4n) is 3.57. The first-order chi connectivity index (χ1) is 16.9. The van der Waals surface area contributed by atoms with Gasteiger partial charge in [0.05, 0.1) is 11.0 Å². The number of H-pyrrole nitrogens is 1. The van der Waals surface area contributed by atoms with Gasteiger partial charge in [0.2, 0.25) is 0 Å². The first-order valence-electron chi connectivity index (χ1n) is 10.7. The number of nitrogens with zero attached hydrogens (tertiary/aromatic N) is 1. The van der Waals surface area contributed by atoms with Crippen LogP contribution in [0.5, 0.6) is 0 Å². The number of aromatic amines is 1. The van der Waals surface area contributed by atoms with Gasteiger partial charge in [0.25, 0.3) is 11.8 Å². The Morgan fingerprint density at radius 1 is 0.686 bits per heavy atom. The average molecular weight is 501 g/mol. The Labute approximate surface area is 210 Å². The zero-order valence-electron chi connectivity index (χ0n) is 18.2. The van der Waals surface area contributed by atoms with Gasteiger partial charge in [0.1, 0.15) is 5.82 Å². The largest absolute Gasteiger partial charge is 0.338 e. The van der Waals surface area contributed by atoms with Crippen LogP contribution in [0.4, 0.5) is 11.4 Å². The van der Waals surface area contributed by atoms with Gasteiger partial charge in [-0.1, -0.05) is 29.3 Å². The minimum atomic E-state index is -0.239. The van der Waals surface area contributed by atoms with E-state index in [0.717, 1.165) is 16.6 Å². The highest BCUT2D eigenvalue weighted by atomic mass is 35.5.